The smallest absolute Gasteiger partial charge is 0.0812 e. The quantitative estimate of drug-likeness (QED) is 0.452. The van der Waals surface area contributed by atoms with E-state index in [2.05, 4.69) is 12.5 Å². The van der Waals surface area contributed by atoms with Gasteiger partial charge in [-0.05, 0) is 6.42 Å². The highest BCUT2D eigenvalue weighted by Crippen LogP contribution is 2.18. The van der Waals surface area contributed by atoms with Crippen molar-refractivity contribution >= 4 is 0 Å². The summed E-state index contributed by atoms with van der Waals surface area (Å²) in [4.78, 5) is 0. The maximum absolute atomic E-state index is 9.64. The van der Waals surface area contributed by atoms with Crippen LogP contribution in [0.2, 0.25) is 0 Å². The van der Waals surface area contributed by atoms with Crippen LogP contribution < -0.4 is 0 Å². The summed E-state index contributed by atoms with van der Waals surface area (Å²) in [6.07, 6.45) is 7.65. The molecule has 0 aromatic rings. The van der Waals surface area contributed by atoms with Gasteiger partial charge in [0, 0.05) is 19.4 Å². The van der Waals surface area contributed by atoms with E-state index >= 15 is 0 Å². The van der Waals surface area contributed by atoms with Gasteiger partial charge in [-0.15, -0.1) is 18.9 Å². The molecule has 0 aliphatic heterocycles. The van der Waals surface area contributed by atoms with Crippen LogP contribution in [0.4, 0.5) is 0 Å². The molecule has 11 heavy (non-hydrogen) atoms. The van der Waals surface area contributed by atoms with Crippen molar-refractivity contribution in [1.29, 1.82) is 0 Å². The lowest BCUT2D eigenvalue weighted by Gasteiger charge is -2.23. The van der Waals surface area contributed by atoms with Crippen LogP contribution in [0.15, 0.2) is 12.7 Å². The average Bonchev–Trinajstić information content (AvgIpc) is 1.88. The molecule has 0 saturated carbocycles. The summed E-state index contributed by atoms with van der Waals surface area (Å²) in [5.41, 5.74) is -0.953. The normalized spacial score (nSPS) is 15.0. The molecule has 0 aliphatic carbocycles. The summed E-state index contributed by atoms with van der Waals surface area (Å²) in [5, 5.41) is 18.2. The van der Waals surface area contributed by atoms with E-state index in [0.717, 1.165) is 0 Å². The number of aliphatic hydroxyl groups excluding tert-OH is 1. The summed E-state index contributed by atoms with van der Waals surface area (Å²) in [7, 11) is 0. The molecule has 2 N–H and O–H groups in total. The monoisotopic (exact) mass is 154 g/mol. The van der Waals surface area contributed by atoms with E-state index in [1.54, 1.807) is 6.08 Å². The Kier molecular flexibility index (Phi) is 4.60. The fourth-order valence-electron chi connectivity index (χ4n) is 0.929. The highest BCUT2D eigenvalue weighted by Gasteiger charge is 2.22. The van der Waals surface area contributed by atoms with E-state index in [1.807, 2.05) is 0 Å². The zero-order chi connectivity index (χ0) is 8.74. The topological polar surface area (TPSA) is 40.5 Å². The number of rotatable bonds is 5. The molecule has 0 rings (SSSR count). The fourth-order valence-corrected chi connectivity index (χ4v) is 0.929. The number of aliphatic hydroxyl groups is 2. The molecule has 0 aliphatic rings. The molecule has 0 bridgehead atoms. The van der Waals surface area contributed by atoms with E-state index in [9.17, 15) is 5.11 Å². The molecule has 0 spiro atoms. The molecule has 62 valence electrons. The van der Waals surface area contributed by atoms with Crippen molar-refractivity contribution in [2.75, 3.05) is 6.61 Å². The molecule has 2 heteroatoms. The highest BCUT2D eigenvalue weighted by molar-refractivity contribution is 4.98. The Morgan fingerprint density at radius 1 is 1.64 bits per heavy atom. The average molecular weight is 154 g/mol. The molecule has 0 saturated heterocycles. The van der Waals surface area contributed by atoms with Crippen molar-refractivity contribution in [1.82, 2.24) is 0 Å². The third-order valence-electron chi connectivity index (χ3n) is 1.53. The minimum atomic E-state index is -0.953. The van der Waals surface area contributed by atoms with Crippen LogP contribution in [-0.2, 0) is 0 Å². The molecule has 0 heterocycles. The Morgan fingerprint density at radius 3 is 2.64 bits per heavy atom. The van der Waals surface area contributed by atoms with E-state index in [1.165, 1.54) is 0 Å². The minimum Gasteiger partial charge on any atom is -0.396 e. The number of hydrogen-bond acceptors (Lipinski definition) is 2. The van der Waals surface area contributed by atoms with Crippen LogP contribution in [0.5, 0.6) is 0 Å². The zero-order valence-corrected chi connectivity index (χ0v) is 6.58. The Bertz CT molecular complexity index is 157. The van der Waals surface area contributed by atoms with Crippen molar-refractivity contribution in [3.63, 3.8) is 0 Å². The molecule has 0 aromatic carbocycles. The molecular weight excluding hydrogens is 140 g/mol. The molecule has 1 atom stereocenters. The van der Waals surface area contributed by atoms with Gasteiger partial charge in [-0.25, -0.2) is 0 Å². The van der Waals surface area contributed by atoms with Gasteiger partial charge in [0.15, 0.2) is 0 Å². The van der Waals surface area contributed by atoms with Crippen molar-refractivity contribution < 1.29 is 10.2 Å². The summed E-state index contributed by atoms with van der Waals surface area (Å²) in [5.74, 6) is 2.37. The van der Waals surface area contributed by atoms with Gasteiger partial charge < -0.3 is 10.2 Å². The molecule has 1 unspecified atom stereocenters. The predicted octanol–water partition coefficient (Wildman–Crippen LogP) is 0.699. The van der Waals surface area contributed by atoms with Crippen LogP contribution >= 0.6 is 0 Å². The third-order valence-corrected chi connectivity index (χ3v) is 1.53. The summed E-state index contributed by atoms with van der Waals surface area (Å²) in [6, 6.07) is 0. The first-order valence-electron chi connectivity index (χ1n) is 3.56. The number of hydrogen-bond donors (Lipinski definition) is 2. The second kappa shape index (κ2) is 4.95. The summed E-state index contributed by atoms with van der Waals surface area (Å²) >= 11 is 0. The molecule has 0 amide bonds. The highest BCUT2D eigenvalue weighted by atomic mass is 16.3. The maximum Gasteiger partial charge on any atom is 0.0812 e. The molecule has 0 aromatic heterocycles. The lowest BCUT2D eigenvalue weighted by molar-refractivity contribution is 0.0232. The zero-order valence-electron chi connectivity index (χ0n) is 6.58. The molecule has 0 fully saturated rings. The summed E-state index contributed by atoms with van der Waals surface area (Å²) < 4.78 is 0. The Labute approximate surface area is 67.6 Å². The van der Waals surface area contributed by atoms with Gasteiger partial charge in [0.1, 0.15) is 0 Å². The molecule has 2 nitrogen and oxygen atoms in total. The van der Waals surface area contributed by atoms with E-state index < -0.39 is 5.60 Å². The van der Waals surface area contributed by atoms with Gasteiger partial charge in [0.2, 0.25) is 0 Å². The lowest BCUT2D eigenvalue weighted by Crippen LogP contribution is -2.28. The number of terminal acetylenes is 1. The van der Waals surface area contributed by atoms with Gasteiger partial charge in [0.05, 0.1) is 5.60 Å². The van der Waals surface area contributed by atoms with Gasteiger partial charge >= 0.3 is 0 Å². The Balaban J connectivity index is 4.02. The Morgan fingerprint density at radius 2 is 2.27 bits per heavy atom. The van der Waals surface area contributed by atoms with Crippen LogP contribution in [0.3, 0.4) is 0 Å². The fraction of sp³-hybridized carbons (Fsp3) is 0.556. The first-order chi connectivity index (χ1) is 5.18. The van der Waals surface area contributed by atoms with Gasteiger partial charge in [-0.1, -0.05) is 6.08 Å². The van der Waals surface area contributed by atoms with Gasteiger partial charge in [-0.2, -0.15) is 0 Å². The largest absolute Gasteiger partial charge is 0.396 e. The van der Waals surface area contributed by atoms with E-state index in [-0.39, 0.29) is 13.0 Å². The second-order valence-electron chi connectivity index (χ2n) is 2.57. The van der Waals surface area contributed by atoms with Crippen molar-refractivity contribution in [3.05, 3.63) is 12.7 Å². The molecule has 0 radical (unpaired) electrons. The molecular formula is C9H14O2. The Hall–Kier alpha value is -0.780. The van der Waals surface area contributed by atoms with Crippen LogP contribution in [-0.4, -0.2) is 22.4 Å². The first-order valence-corrected chi connectivity index (χ1v) is 3.56. The van der Waals surface area contributed by atoms with Crippen molar-refractivity contribution in [3.8, 4) is 12.3 Å². The van der Waals surface area contributed by atoms with Gasteiger partial charge in [-0.3, -0.25) is 0 Å². The summed E-state index contributed by atoms with van der Waals surface area (Å²) in [6.45, 7) is 3.45. The van der Waals surface area contributed by atoms with Crippen molar-refractivity contribution in [2.24, 2.45) is 0 Å². The lowest BCUT2D eigenvalue weighted by atomic mass is 9.93. The van der Waals surface area contributed by atoms with E-state index in [0.29, 0.717) is 12.8 Å². The van der Waals surface area contributed by atoms with Crippen molar-refractivity contribution in [2.45, 2.75) is 24.9 Å². The van der Waals surface area contributed by atoms with Crippen LogP contribution in [0, 0.1) is 12.3 Å². The maximum atomic E-state index is 9.64. The predicted molar refractivity (Wildman–Crippen MR) is 44.9 cm³/mol. The standard InChI is InChI=1S/C9H14O2/c1-3-5-9(11,6-4-2)7-8-10/h1,4,10-11H,2,5-8H2. The minimum absolute atomic E-state index is 0.0496. The van der Waals surface area contributed by atoms with Crippen LogP contribution in [0.25, 0.3) is 0 Å². The third kappa shape index (κ3) is 3.82. The SMILES string of the molecule is C#CCC(O)(CC=C)CCO. The van der Waals surface area contributed by atoms with Crippen LogP contribution in [0.1, 0.15) is 19.3 Å². The first kappa shape index (κ1) is 10.2. The van der Waals surface area contributed by atoms with E-state index in [4.69, 9.17) is 11.5 Å². The second-order valence-corrected chi connectivity index (χ2v) is 2.57. The van der Waals surface area contributed by atoms with Gasteiger partial charge in [0.25, 0.3) is 0 Å².